The molecule has 0 radical (unpaired) electrons. The summed E-state index contributed by atoms with van der Waals surface area (Å²) in [6.45, 7) is 4.23. The second kappa shape index (κ2) is 10.7. The quantitative estimate of drug-likeness (QED) is 0.377. The zero-order valence-electron chi connectivity index (χ0n) is 20.8. The number of halogens is 1. The first-order chi connectivity index (χ1) is 18.2. The molecule has 2 N–H and O–H groups in total. The fourth-order valence-electron chi connectivity index (χ4n) is 5.57. The predicted molar refractivity (Wildman–Crippen MR) is 148 cm³/mol. The Labute approximate surface area is 221 Å². The van der Waals surface area contributed by atoms with Crippen LogP contribution in [0, 0.1) is 5.92 Å². The minimum absolute atomic E-state index is 0.293. The number of nitrogens with zero attached hydrogens (tertiary/aromatic N) is 6. The Kier molecular flexibility index (Phi) is 6.95. The van der Waals surface area contributed by atoms with E-state index in [9.17, 15) is 5.11 Å². The molecule has 0 spiro atoms. The molecule has 0 saturated carbocycles. The van der Waals surface area contributed by atoms with Crippen molar-refractivity contribution in [1.82, 2.24) is 24.6 Å². The van der Waals surface area contributed by atoms with E-state index >= 15 is 0 Å². The number of piperidine rings is 2. The highest BCUT2D eigenvalue weighted by molar-refractivity contribution is 6.30. The van der Waals surface area contributed by atoms with Crippen LogP contribution in [-0.4, -0.2) is 68.6 Å². The number of hydrogen-bond acceptors (Lipinski definition) is 7. The molecule has 1 unspecified atom stereocenters. The Morgan fingerprint density at radius 1 is 0.946 bits per heavy atom. The maximum atomic E-state index is 9.65. The summed E-state index contributed by atoms with van der Waals surface area (Å²) in [5.74, 6) is 1.86. The van der Waals surface area contributed by atoms with E-state index in [1.165, 1.54) is 6.42 Å². The van der Waals surface area contributed by atoms with Crippen molar-refractivity contribution in [3.05, 3.63) is 65.8 Å². The first-order valence-corrected chi connectivity index (χ1v) is 13.5. The normalized spacial score (nSPS) is 19.4. The van der Waals surface area contributed by atoms with Crippen molar-refractivity contribution < 1.29 is 5.11 Å². The van der Waals surface area contributed by atoms with E-state index < -0.39 is 0 Å². The summed E-state index contributed by atoms with van der Waals surface area (Å²) < 4.78 is 1.88. The van der Waals surface area contributed by atoms with Crippen molar-refractivity contribution in [2.24, 2.45) is 5.92 Å². The molecule has 8 nitrogen and oxygen atoms in total. The summed E-state index contributed by atoms with van der Waals surface area (Å²) in [4.78, 5) is 14.9. The minimum Gasteiger partial charge on any atom is -0.396 e. The maximum Gasteiger partial charge on any atom is 0.229 e. The van der Waals surface area contributed by atoms with Crippen molar-refractivity contribution in [1.29, 1.82) is 0 Å². The summed E-state index contributed by atoms with van der Waals surface area (Å²) in [6.07, 6.45) is 6.27. The number of benzene rings is 2. The first kappa shape index (κ1) is 24.2. The van der Waals surface area contributed by atoms with Gasteiger partial charge in [0.15, 0.2) is 5.65 Å². The molecule has 0 aliphatic carbocycles. The van der Waals surface area contributed by atoms with Crippen LogP contribution in [-0.2, 0) is 0 Å². The molecule has 192 valence electrons. The van der Waals surface area contributed by atoms with Gasteiger partial charge in [-0.1, -0.05) is 29.8 Å². The number of fused-ring (bicyclic) bond motifs is 1. The van der Waals surface area contributed by atoms with Crippen LogP contribution in [0.1, 0.15) is 25.7 Å². The van der Waals surface area contributed by atoms with Gasteiger partial charge in [0.05, 0.1) is 17.3 Å². The molecule has 2 aliphatic rings. The van der Waals surface area contributed by atoms with Crippen molar-refractivity contribution in [2.75, 3.05) is 43.0 Å². The Hall–Kier alpha value is -3.20. The molecule has 2 saturated heterocycles. The average Bonchev–Trinajstić information content (AvgIpc) is 3.39. The standard InChI is InChI=1S/C28H32ClN7O/c29-21-8-10-22(11-9-21)31-26-25-17-30-36(24-6-2-1-3-7-24)27(25)33-28(32-26)34-15-12-23(13-16-34)35-14-4-5-20(18-35)19-37/h1-3,6-11,17,20,23,37H,4-5,12-16,18-19H2,(H,31,32,33). The molecule has 2 aromatic carbocycles. The highest BCUT2D eigenvalue weighted by atomic mass is 35.5. The average molecular weight is 518 g/mol. The van der Waals surface area contributed by atoms with Gasteiger partial charge in [0.1, 0.15) is 5.82 Å². The molecule has 6 rings (SSSR count). The minimum atomic E-state index is 0.293. The smallest absolute Gasteiger partial charge is 0.229 e. The summed E-state index contributed by atoms with van der Waals surface area (Å²) in [6, 6.07) is 18.2. The Morgan fingerprint density at radius 3 is 2.49 bits per heavy atom. The molecule has 4 aromatic rings. The van der Waals surface area contributed by atoms with E-state index in [4.69, 9.17) is 21.6 Å². The van der Waals surface area contributed by atoms with Gasteiger partial charge in [-0.25, -0.2) is 4.68 Å². The van der Waals surface area contributed by atoms with Crippen LogP contribution in [0.4, 0.5) is 17.5 Å². The molecule has 37 heavy (non-hydrogen) atoms. The Balaban J connectivity index is 1.30. The van der Waals surface area contributed by atoms with Crippen LogP contribution in [0.2, 0.25) is 5.02 Å². The van der Waals surface area contributed by atoms with Crippen LogP contribution in [0.15, 0.2) is 60.8 Å². The topological polar surface area (TPSA) is 82.3 Å². The Morgan fingerprint density at radius 2 is 1.73 bits per heavy atom. The van der Waals surface area contributed by atoms with E-state index in [0.717, 1.165) is 73.7 Å². The number of para-hydroxylation sites is 1. The maximum absolute atomic E-state index is 9.65. The lowest BCUT2D eigenvalue weighted by Crippen LogP contribution is -2.49. The molecule has 4 heterocycles. The SMILES string of the molecule is OCC1CCCN(C2CCN(c3nc(Nc4ccc(Cl)cc4)c4cnn(-c5ccccc5)c4n3)CC2)C1. The van der Waals surface area contributed by atoms with E-state index in [2.05, 4.69) is 20.2 Å². The fraction of sp³-hybridized carbons (Fsp3) is 0.393. The number of nitrogens with one attached hydrogen (secondary N) is 1. The lowest BCUT2D eigenvalue weighted by Gasteiger charge is -2.42. The number of rotatable bonds is 6. The van der Waals surface area contributed by atoms with Crippen LogP contribution >= 0.6 is 11.6 Å². The first-order valence-electron chi connectivity index (χ1n) is 13.1. The van der Waals surface area contributed by atoms with E-state index in [1.807, 2.05) is 65.5 Å². The summed E-state index contributed by atoms with van der Waals surface area (Å²) in [7, 11) is 0. The highest BCUT2D eigenvalue weighted by Crippen LogP contribution is 2.30. The molecule has 2 aromatic heterocycles. The third-order valence-electron chi connectivity index (χ3n) is 7.60. The number of aromatic nitrogens is 4. The van der Waals surface area contributed by atoms with Gasteiger partial charge in [0.2, 0.25) is 5.95 Å². The molecule has 2 aliphatic heterocycles. The van der Waals surface area contributed by atoms with Crippen LogP contribution in [0.3, 0.4) is 0 Å². The Bertz CT molecular complexity index is 1340. The number of aliphatic hydroxyl groups excluding tert-OH is 1. The third-order valence-corrected chi connectivity index (χ3v) is 7.85. The third kappa shape index (κ3) is 5.14. The van der Waals surface area contributed by atoms with Crippen molar-refractivity contribution in [2.45, 2.75) is 31.7 Å². The lowest BCUT2D eigenvalue weighted by molar-refractivity contribution is 0.0776. The van der Waals surface area contributed by atoms with Gasteiger partial charge in [-0.15, -0.1) is 0 Å². The van der Waals surface area contributed by atoms with Crippen LogP contribution in [0.5, 0.6) is 0 Å². The molecule has 0 bridgehead atoms. The van der Waals surface area contributed by atoms with Gasteiger partial charge in [-0.05, 0) is 74.5 Å². The number of likely N-dealkylation sites (tertiary alicyclic amines) is 1. The number of aliphatic hydroxyl groups is 1. The second-order valence-corrected chi connectivity index (χ2v) is 10.5. The largest absolute Gasteiger partial charge is 0.396 e. The van der Waals surface area contributed by atoms with Gasteiger partial charge in [-0.3, -0.25) is 4.90 Å². The summed E-state index contributed by atoms with van der Waals surface area (Å²) >= 11 is 6.10. The predicted octanol–water partition coefficient (Wildman–Crippen LogP) is 4.89. The highest BCUT2D eigenvalue weighted by Gasteiger charge is 2.30. The van der Waals surface area contributed by atoms with E-state index in [1.54, 1.807) is 0 Å². The molecular formula is C28H32ClN7O. The molecule has 1 atom stereocenters. The second-order valence-electron chi connectivity index (χ2n) is 10.0. The summed E-state index contributed by atoms with van der Waals surface area (Å²) in [5.41, 5.74) is 2.64. The number of hydrogen-bond donors (Lipinski definition) is 2. The van der Waals surface area contributed by atoms with Crippen molar-refractivity contribution >= 4 is 40.1 Å². The molecule has 9 heteroatoms. The number of anilines is 3. The molecule has 2 fully saturated rings. The molecular weight excluding hydrogens is 486 g/mol. The van der Waals surface area contributed by atoms with Gasteiger partial charge >= 0.3 is 0 Å². The fourth-order valence-corrected chi connectivity index (χ4v) is 5.70. The monoisotopic (exact) mass is 517 g/mol. The van der Waals surface area contributed by atoms with Crippen LogP contribution in [0.25, 0.3) is 16.7 Å². The van der Waals surface area contributed by atoms with Crippen molar-refractivity contribution in [3.63, 3.8) is 0 Å². The zero-order chi connectivity index (χ0) is 25.2. The van der Waals surface area contributed by atoms with Gasteiger partial charge < -0.3 is 15.3 Å². The van der Waals surface area contributed by atoms with E-state index in [0.29, 0.717) is 29.5 Å². The van der Waals surface area contributed by atoms with Gasteiger partial charge in [0.25, 0.3) is 0 Å². The van der Waals surface area contributed by atoms with Gasteiger partial charge in [-0.2, -0.15) is 15.1 Å². The zero-order valence-corrected chi connectivity index (χ0v) is 21.6. The molecule has 0 amide bonds. The lowest BCUT2D eigenvalue weighted by atomic mass is 9.94. The van der Waals surface area contributed by atoms with Crippen molar-refractivity contribution in [3.8, 4) is 5.69 Å². The van der Waals surface area contributed by atoms with Gasteiger partial charge in [0, 0.05) is 43.0 Å². The summed E-state index contributed by atoms with van der Waals surface area (Å²) in [5, 5.41) is 19.3. The van der Waals surface area contributed by atoms with E-state index in [-0.39, 0.29) is 0 Å². The van der Waals surface area contributed by atoms with Crippen LogP contribution < -0.4 is 10.2 Å².